The number of unbranched alkanes of at least 4 members (excludes halogenated alkanes) is 1. The first-order valence-corrected chi connectivity index (χ1v) is 17.0. The van der Waals surface area contributed by atoms with Crippen LogP contribution in [0, 0.1) is 13.8 Å². The van der Waals surface area contributed by atoms with Gasteiger partial charge in [0, 0.05) is 31.2 Å². The number of nitrogens with zero attached hydrogens (tertiary/aromatic N) is 4. The number of amidine groups is 1. The van der Waals surface area contributed by atoms with E-state index in [1.54, 1.807) is 43.0 Å². The van der Waals surface area contributed by atoms with Gasteiger partial charge in [0.05, 0.1) is 11.4 Å². The first kappa shape index (κ1) is 33.1. The number of carbonyl (C=O) groups is 2. The predicted molar refractivity (Wildman–Crippen MR) is 173 cm³/mol. The molecule has 1 aliphatic carbocycles. The van der Waals surface area contributed by atoms with Crippen molar-refractivity contribution in [3.63, 3.8) is 0 Å². The summed E-state index contributed by atoms with van der Waals surface area (Å²) in [6.45, 7) is 5.43. The van der Waals surface area contributed by atoms with Crippen LogP contribution in [0.15, 0.2) is 56.9 Å². The zero-order chi connectivity index (χ0) is 33.1. The normalized spacial score (nSPS) is 15.9. The molecule has 46 heavy (non-hydrogen) atoms. The maximum absolute atomic E-state index is 14.2. The molecule has 3 aromatic rings. The number of aromatic nitrogens is 1. The molecule has 1 aromatic heterocycles. The summed E-state index contributed by atoms with van der Waals surface area (Å²) in [7, 11) is -2.84. The fourth-order valence-electron chi connectivity index (χ4n) is 6.24. The number of ether oxygens (including phenoxy) is 1. The SMILES string of the molecule is CCCCC1=NC2(CCCC2)C(=O)N1Cc1ccc(-c2ccccc2S(=O)(=O)N(COC)c2noc(C)c2C)c(CNC(=O)O)c1. The number of carbonyl (C=O) groups excluding carboxylic acids is 1. The molecule has 1 fully saturated rings. The summed E-state index contributed by atoms with van der Waals surface area (Å²) in [6, 6.07) is 12.0. The van der Waals surface area contributed by atoms with Crippen LogP contribution in [0.3, 0.4) is 0 Å². The number of aliphatic imine (C=N–C) groups is 1. The summed E-state index contributed by atoms with van der Waals surface area (Å²) in [6.07, 6.45) is 4.86. The van der Waals surface area contributed by atoms with Gasteiger partial charge in [0.25, 0.3) is 15.9 Å². The lowest BCUT2D eigenvalue weighted by atomic mass is 9.96. The second kappa shape index (κ2) is 13.6. The van der Waals surface area contributed by atoms with Gasteiger partial charge in [-0.3, -0.25) is 14.7 Å². The molecule has 246 valence electrons. The first-order chi connectivity index (χ1) is 22.0. The molecule has 2 amide bonds. The van der Waals surface area contributed by atoms with Crippen molar-refractivity contribution >= 4 is 33.7 Å². The van der Waals surface area contributed by atoms with Gasteiger partial charge in [-0.1, -0.05) is 67.7 Å². The fourth-order valence-corrected chi connectivity index (χ4v) is 7.82. The lowest BCUT2D eigenvalue weighted by Gasteiger charge is -2.24. The second-order valence-corrected chi connectivity index (χ2v) is 13.7. The van der Waals surface area contributed by atoms with E-state index in [0.717, 1.165) is 54.2 Å². The molecule has 1 spiro atoms. The Balaban J connectivity index is 1.55. The molecule has 0 unspecified atom stereocenters. The standard InChI is InChI=1S/C33H41N5O7S/c1-5-6-13-29-35-33(16-9-10-17-33)31(39)37(29)20-24-14-15-26(25(18-24)19-34-32(40)41)27-11-7-8-12-28(27)46(42,43)38(21-44-4)30-22(2)23(3)45-36-30/h7-8,11-12,14-15,18,34H,5-6,9-10,13,16-17,19-21H2,1-4H3,(H,40,41). The van der Waals surface area contributed by atoms with Crippen LogP contribution in [0.5, 0.6) is 0 Å². The second-order valence-electron chi connectivity index (χ2n) is 11.9. The number of aryl methyl sites for hydroxylation is 1. The third-order valence-electron chi connectivity index (χ3n) is 8.78. The van der Waals surface area contributed by atoms with Crippen molar-refractivity contribution in [3.8, 4) is 11.1 Å². The van der Waals surface area contributed by atoms with Gasteiger partial charge in [0.15, 0.2) is 5.82 Å². The molecule has 1 aliphatic heterocycles. The van der Waals surface area contributed by atoms with Crippen molar-refractivity contribution in [2.24, 2.45) is 4.99 Å². The van der Waals surface area contributed by atoms with E-state index < -0.39 is 21.7 Å². The Morgan fingerprint density at radius 1 is 1.15 bits per heavy atom. The van der Waals surface area contributed by atoms with E-state index in [0.29, 0.717) is 34.4 Å². The molecule has 12 nitrogen and oxygen atoms in total. The van der Waals surface area contributed by atoms with Crippen LogP contribution in [0.4, 0.5) is 10.6 Å². The Hall–Kier alpha value is -4.23. The summed E-state index contributed by atoms with van der Waals surface area (Å²) in [5, 5.41) is 15.9. The minimum Gasteiger partial charge on any atom is -0.465 e. The smallest absolute Gasteiger partial charge is 0.404 e. The van der Waals surface area contributed by atoms with Gasteiger partial charge >= 0.3 is 6.09 Å². The lowest BCUT2D eigenvalue weighted by molar-refractivity contribution is -0.131. The molecule has 0 radical (unpaired) electrons. The Bertz CT molecular complexity index is 1740. The zero-order valence-corrected chi connectivity index (χ0v) is 27.5. The number of carboxylic acid groups (broad SMARTS) is 1. The van der Waals surface area contributed by atoms with Crippen molar-refractivity contribution < 1.29 is 32.4 Å². The molecule has 0 atom stereocenters. The Kier molecular flexibility index (Phi) is 9.82. The number of hydrogen-bond donors (Lipinski definition) is 2. The Morgan fingerprint density at radius 2 is 1.89 bits per heavy atom. The van der Waals surface area contributed by atoms with E-state index in [1.807, 2.05) is 12.1 Å². The highest BCUT2D eigenvalue weighted by Crippen LogP contribution is 2.41. The van der Waals surface area contributed by atoms with Crippen molar-refractivity contribution in [2.45, 2.75) is 89.2 Å². The number of nitrogens with one attached hydrogen (secondary N) is 1. The molecule has 0 saturated heterocycles. The third kappa shape index (κ3) is 6.38. The largest absolute Gasteiger partial charge is 0.465 e. The van der Waals surface area contributed by atoms with Crippen molar-refractivity contribution in [2.75, 3.05) is 18.1 Å². The molecular weight excluding hydrogens is 610 g/mol. The number of anilines is 1. The molecule has 1 saturated carbocycles. The summed E-state index contributed by atoms with van der Waals surface area (Å²) in [5.74, 6) is 1.43. The molecule has 2 N–H and O–H groups in total. The van der Waals surface area contributed by atoms with Gasteiger partial charge in [-0.15, -0.1) is 0 Å². The highest BCUT2D eigenvalue weighted by atomic mass is 32.2. The number of methoxy groups -OCH3 is 1. The van der Waals surface area contributed by atoms with Crippen molar-refractivity contribution in [1.29, 1.82) is 0 Å². The number of sulfonamides is 1. The minimum atomic E-state index is -4.24. The van der Waals surface area contributed by atoms with Crippen LogP contribution >= 0.6 is 0 Å². The summed E-state index contributed by atoms with van der Waals surface area (Å²) in [5.41, 5.74) is 2.15. The van der Waals surface area contributed by atoms with E-state index in [-0.39, 0.29) is 36.4 Å². The van der Waals surface area contributed by atoms with E-state index >= 15 is 0 Å². The number of benzene rings is 2. The van der Waals surface area contributed by atoms with Crippen LogP contribution < -0.4 is 9.62 Å². The molecule has 2 heterocycles. The van der Waals surface area contributed by atoms with Crippen LogP contribution in [-0.4, -0.2) is 60.8 Å². The first-order valence-electron chi connectivity index (χ1n) is 15.6. The maximum atomic E-state index is 14.2. The predicted octanol–water partition coefficient (Wildman–Crippen LogP) is 5.77. The van der Waals surface area contributed by atoms with Gasteiger partial charge in [0.2, 0.25) is 0 Å². The summed E-state index contributed by atoms with van der Waals surface area (Å²) < 4.78 is 40.0. The van der Waals surface area contributed by atoms with E-state index in [4.69, 9.17) is 14.3 Å². The van der Waals surface area contributed by atoms with Gasteiger partial charge < -0.3 is 19.7 Å². The number of amides is 2. The van der Waals surface area contributed by atoms with Crippen molar-refractivity contribution in [1.82, 2.24) is 15.4 Å². The van der Waals surface area contributed by atoms with Crippen molar-refractivity contribution in [3.05, 3.63) is 64.9 Å². The van der Waals surface area contributed by atoms with Gasteiger partial charge in [0.1, 0.15) is 23.9 Å². The third-order valence-corrected chi connectivity index (χ3v) is 10.6. The molecule has 0 bridgehead atoms. The van der Waals surface area contributed by atoms with E-state index in [1.165, 1.54) is 13.2 Å². The van der Waals surface area contributed by atoms with E-state index in [9.17, 15) is 23.1 Å². The summed E-state index contributed by atoms with van der Waals surface area (Å²) in [4.78, 5) is 32.1. The minimum absolute atomic E-state index is 0.0108. The highest BCUT2D eigenvalue weighted by molar-refractivity contribution is 7.93. The highest BCUT2D eigenvalue weighted by Gasteiger charge is 2.49. The summed E-state index contributed by atoms with van der Waals surface area (Å²) >= 11 is 0. The zero-order valence-electron chi connectivity index (χ0n) is 26.7. The maximum Gasteiger partial charge on any atom is 0.404 e. The monoisotopic (exact) mass is 651 g/mol. The average molecular weight is 652 g/mol. The molecule has 2 aliphatic rings. The molecule has 2 aromatic carbocycles. The molecule has 13 heteroatoms. The lowest BCUT2D eigenvalue weighted by Crippen LogP contribution is -2.40. The Morgan fingerprint density at radius 3 is 2.54 bits per heavy atom. The topological polar surface area (TPSA) is 155 Å². The number of rotatable bonds is 13. The fraction of sp³-hybridized carbons (Fsp3) is 0.455. The van der Waals surface area contributed by atoms with E-state index in [2.05, 4.69) is 17.4 Å². The quantitative estimate of drug-likeness (QED) is 0.221. The average Bonchev–Trinajstić information content (AvgIpc) is 3.72. The molecule has 5 rings (SSSR count). The van der Waals surface area contributed by atoms with Crippen LogP contribution in [0.1, 0.15) is 74.3 Å². The van der Waals surface area contributed by atoms with Crippen LogP contribution in [-0.2, 0) is 32.6 Å². The number of hydrogen-bond acceptors (Lipinski definition) is 8. The van der Waals surface area contributed by atoms with Crippen LogP contribution in [0.25, 0.3) is 11.1 Å². The van der Waals surface area contributed by atoms with Gasteiger partial charge in [-0.05, 0) is 55.9 Å². The molecular formula is C33H41N5O7S. The van der Waals surface area contributed by atoms with Gasteiger partial charge in [-0.25, -0.2) is 17.5 Å². The Labute approximate surface area is 269 Å². The van der Waals surface area contributed by atoms with Gasteiger partial charge in [-0.2, -0.15) is 0 Å². The van der Waals surface area contributed by atoms with Crippen LogP contribution in [0.2, 0.25) is 0 Å².